The smallest absolute Gasteiger partial charge is 0.122 e. The van der Waals surface area contributed by atoms with Crippen LogP contribution in [0.15, 0.2) is 60.0 Å². The quantitative estimate of drug-likeness (QED) is 0.223. The molecule has 0 bridgehead atoms. The van der Waals surface area contributed by atoms with Crippen LogP contribution >= 0.6 is 0 Å². The van der Waals surface area contributed by atoms with Gasteiger partial charge in [-0.3, -0.25) is 0 Å². The van der Waals surface area contributed by atoms with Gasteiger partial charge in [-0.05, 0) is 95.9 Å². The van der Waals surface area contributed by atoms with E-state index in [0.717, 1.165) is 68.6 Å². The minimum absolute atomic E-state index is 0. The van der Waals surface area contributed by atoms with Gasteiger partial charge in [0.1, 0.15) is 11.6 Å². The maximum absolute atomic E-state index is 5.77. The zero-order chi connectivity index (χ0) is 29.8. The van der Waals surface area contributed by atoms with Crippen molar-refractivity contribution < 1.29 is 9.47 Å². The zero-order valence-electron chi connectivity index (χ0n) is 27.3. The minimum atomic E-state index is 0. The summed E-state index contributed by atoms with van der Waals surface area (Å²) < 4.78 is 11.3. The Bertz CT molecular complexity index is 1070. The summed E-state index contributed by atoms with van der Waals surface area (Å²) in [6.07, 6.45) is 18.1. The molecule has 0 spiro atoms. The Kier molecular flexibility index (Phi) is 15.0. The second-order valence-electron chi connectivity index (χ2n) is 13.4. The van der Waals surface area contributed by atoms with Crippen LogP contribution in [0.2, 0.25) is 0 Å². The fourth-order valence-electron chi connectivity index (χ4n) is 6.61. The number of methoxy groups -OCH3 is 1. The summed E-state index contributed by atoms with van der Waals surface area (Å²) in [4.78, 5) is 2.37. The van der Waals surface area contributed by atoms with Gasteiger partial charge in [0.25, 0.3) is 0 Å². The fourth-order valence-corrected chi connectivity index (χ4v) is 6.61. The summed E-state index contributed by atoms with van der Waals surface area (Å²) >= 11 is 0. The molecular formula is C38H62N2O2. The molecular weight excluding hydrogens is 516 g/mol. The second kappa shape index (κ2) is 17.6. The molecule has 1 aliphatic heterocycles. The first-order valence-electron chi connectivity index (χ1n) is 16.1. The number of nitrogens with zero attached hydrogens (tertiary/aromatic N) is 1. The molecule has 0 amide bonds. The molecule has 4 nitrogen and oxygen atoms in total. The van der Waals surface area contributed by atoms with E-state index in [1.165, 1.54) is 60.8 Å². The molecule has 2 aliphatic rings. The third-order valence-corrected chi connectivity index (χ3v) is 8.87. The topological polar surface area (TPSA) is 33.7 Å². The molecule has 4 heteroatoms. The molecule has 1 saturated heterocycles. The monoisotopic (exact) mass is 578 g/mol. The molecule has 1 N–H and O–H groups in total. The highest BCUT2D eigenvalue weighted by Gasteiger charge is 2.21. The Morgan fingerprint density at radius 3 is 2.45 bits per heavy atom. The summed E-state index contributed by atoms with van der Waals surface area (Å²) in [6, 6.07) is 6.69. The van der Waals surface area contributed by atoms with Crippen LogP contribution in [0, 0.1) is 17.3 Å². The SMILES string of the molecule is C.C=C(/C=C(\NC)N1CCOCC1)/C(=C\C=C(/C)c1ccc(OC)c(CCC(C)(C)CC(C)C)c1)CC1CCCCC1. The molecule has 1 aromatic carbocycles. The van der Waals surface area contributed by atoms with Gasteiger partial charge in [-0.1, -0.05) is 92.0 Å². The van der Waals surface area contributed by atoms with Crippen molar-refractivity contribution in [2.45, 2.75) is 99.8 Å². The molecule has 0 atom stereocenters. The number of nitrogens with one attached hydrogen (secondary N) is 1. The Hall–Kier alpha value is -2.46. The summed E-state index contributed by atoms with van der Waals surface area (Å²) in [7, 11) is 3.80. The van der Waals surface area contributed by atoms with Gasteiger partial charge >= 0.3 is 0 Å². The first-order valence-corrected chi connectivity index (χ1v) is 16.1. The van der Waals surface area contributed by atoms with E-state index in [0.29, 0.717) is 11.3 Å². The number of morpholine rings is 1. The third kappa shape index (κ3) is 11.3. The van der Waals surface area contributed by atoms with Gasteiger partial charge in [0, 0.05) is 20.1 Å². The molecule has 1 heterocycles. The lowest BCUT2D eigenvalue weighted by molar-refractivity contribution is 0.0509. The van der Waals surface area contributed by atoms with E-state index in [9.17, 15) is 0 Å². The highest BCUT2D eigenvalue weighted by atomic mass is 16.5. The van der Waals surface area contributed by atoms with Crippen molar-refractivity contribution in [2.75, 3.05) is 40.5 Å². The van der Waals surface area contributed by atoms with Crippen LogP contribution < -0.4 is 10.1 Å². The van der Waals surface area contributed by atoms with E-state index < -0.39 is 0 Å². The number of rotatable bonds is 14. The number of hydrogen-bond acceptors (Lipinski definition) is 4. The molecule has 1 aromatic rings. The largest absolute Gasteiger partial charge is 0.496 e. The predicted octanol–water partition coefficient (Wildman–Crippen LogP) is 9.59. The normalized spacial score (nSPS) is 17.7. The van der Waals surface area contributed by atoms with Crippen molar-refractivity contribution in [3.8, 4) is 5.75 Å². The van der Waals surface area contributed by atoms with Crippen LogP contribution in [0.3, 0.4) is 0 Å². The fraction of sp³-hybridized carbons (Fsp3) is 0.632. The van der Waals surface area contributed by atoms with E-state index >= 15 is 0 Å². The molecule has 2 fully saturated rings. The minimum Gasteiger partial charge on any atom is -0.496 e. The van der Waals surface area contributed by atoms with Crippen LogP contribution in [0.5, 0.6) is 5.75 Å². The molecule has 0 unspecified atom stereocenters. The Balaban J connectivity index is 0.00000616. The van der Waals surface area contributed by atoms with Gasteiger partial charge in [0.05, 0.1) is 20.3 Å². The van der Waals surface area contributed by atoms with Crippen molar-refractivity contribution in [2.24, 2.45) is 17.3 Å². The lowest BCUT2D eigenvalue weighted by Gasteiger charge is -2.31. The van der Waals surface area contributed by atoms with E-state index in [2.05, 4.69) is 87.8 Å². The van der Waals surface area contributed by atoms with E-state index in [1.807, 2.05) is 7.05 Å². The molecule has 1 aliphatic carbocycles. The number of allylic oxidation sites excluding steroid dienone is 6. The van der Waals surface area contributed by atoms with E-state index in [4.69, 9.17) is 9.47 Å². The van der Waals surface area contributed by atoms with Gasteiger partial charge in [0.15, 0.2) is 0 Å². The van der Waals surface area contributed by atoms with E-state index in [-0.39, 0.29) is 7.43 Å². The van der Waals surface area contributed by atoms with Crippen molar-refractivity contribution in [3.05, 3.63) is 71.1 Å². The maximum Gasteiger partial charge on any atom is 0.122 e. The van der Waals surface area contributed by atoms with Crippen LogP contribution in [-0.4, -0.2) is 45.4 Å². The Morgan fingerprint density at radius 1 is 1.14 bits per heavy atom. The van der Waals surface area contributed by atoms with Crippen molar-refractivity contribution >= 4 is 5.57 Å². The summed E-state index contributed by atoms with van der Waals surface area (Å²) in [6.45, 7) is 19.6. The molecule has 0 radical (unpaired) electrons. The summed E-state index contributed by atoms with van der Waals surface area (Å²) in [5.74, 6) is 3.59. The van der Waals surface area contributed by atoms with Crippen molar-refractivity contribution in [3.63, 3.8) is 0 Å². The van der Waals surface area contributed by atoms with Crippen LogP contribution in [0.1, 0.15) is 105 Å². The standard InChI is InChI=1S/C37H58N2O2.CH4/c1-28(2)27-37(5,6)19-18-34-26-33(16-17-35(34)40-8)29(3)14-15-32(25-31-12-10-9-11-13-31)30(4)24-36(38-7)39-20-22-41-23-21-39;/h14-17,24,26,28,31,38H,4,9-13,18-23,25,27H2,1-3,5-8H3;1H4/b29-14+,32-15-,36-24+;. The van der Waals surface area contributed by atoms with Gasteiger partial charge in [-0.15, -0.1) is 0 Å². The van der Waals surface area contributed by atoms with Gasteiger partial charge in [-0.25, -0.2) is 0 Å². The average Bonchev–Trinajstić information content (AvgIpc) is 2.96. The third-order valence-electron chi connectivity index (χ3n) is 8.87. The molecule has 0 aromatic heterocycles. The lowest BCUT2D eigenvalue weighted by atomic mass is 9.79. The Labute approximate surface area is 259 Å². The first kappa shape index (κ1) is 35.7. The predicted molar refractivity (Wildman–Crippen MR) is 183 cm³/mol. The van der Waals surface area contributed by atoms with Crippen LogP contribution in [0.4, 0.5) is 0 Å². The Morgan fingerprint density at radius 2 is 1.83 bits per heavy atom. The molecule has 236 valence electrons. The number of benzene rings is 1. The van der Waals surface area contributed by atoms with Crippen LogP contribution in [0.25, 0.3) is 5.57 Å². The number of aryl methyl sites for hydroxylation is 1. The van der Waals surface area contributed by atoms with Crippen LogP contribution in [-0.2, 0) is 11.2 Å². The van der Waals surface area contributed by atoms with Crippen molar-refractivity contribution in [1.82, 2.24) is 10.2 Å². The maximum atomic E-state index is 5.77. The first-order chi connectivity index (χ1) is 19.6. The number of hydrogen-bond donors (Lipinski definition) is 1. The molecule has 1 saturated carbocycles. The number of ether oxygens (including phenoxy) is 2. The second-order valence-corrected chi connectivity index (χ2v) is 13.4. The average molecular weight is 579 g/mol. The highest BCUT2D eigenvalue weighted by molar-refractivity contribution is 5.67. The van der Waals surface area contributed by atoms with E-state index in [1.54, 1.807) is 7.11 Å². The summed E-state index contributed by atoms with van der Waals surface area (Å²) in [5, 5.41) is 3.42. The zero-order valence-corrected chi connectivity index (χ0v) is 27.3. The van der Waals surface area contributed by atoms with Crippen molar-refractivity contribution in [1.29, 1.82) is 0 Å². The lowest BCUT2D eigenvalue weighted by Crippen LogP contribution is -2.39. The molecule has 3 rings (SSSR count). The van der Waals surface area contributed by atoms with Gasteiger partial charge < -0.3 is 19.7 Å². The molecule has 42 heavy (non-hydrogen) atoms. The van der Waals surface area contributed by atoms with Gasteiger partial charge in [0.2, 0.25) is 0 Å². The van der Waals surface area contributed by atoms with Gasteiger partial charge in [-0.2, -0.15) is 0 Å². The highest BCUT2D eigenvalue weighted by Crippen LogP contribution is 2.34. The summed E-state index contributed by atoms with van der Waals surface area (Å²) in [5.41, 5.74) is 6.62.